The number of nitrogens with zero attached hydrogens (tertiary/aromatic N) is 3. The number of aryl methyl sites for hydroxylation is 1. The van der Waals surface area contributed by atoms with Crippen LogP contribution in [0.2, 0.25) is 0 Å². The molecular weight excluding hydrogens is 590 g/mol. The number of para-hydroxylation sites is 2. The monoisotopic (exact) mass is 639 g/mol. The van der Waals surface area contributed by atoms with Crippen molar-refractivity contribution in [1.29, 1.82) is 0 Å². The second kappa shape index (κ2) is 18.1. The third-order valence-corrected chi connectivity index (χ3v) is 8.83. The van der Waals surface area contributed by atoms with Gasteiger partial charge in [0.25, 0.3) is 0 Å². The maximum absolute atomic E-state index is 11.2. The first-order valence-electron chi connectivity index (χ1n) is 16.9. The molecule has 0 saturated carbocycles. The van der Waals surface area contributed by atoms with Crippen molar-refractivity contribution in [3.63, 3.8) is 0 Å². The van der Waals surface area contributed by atoms with Gasteiger partial charge < -0.3 is 35.8 Å². The molecule has 3 saturated heterocycles. The molecule has 0 bridgehead atoms. The van der Waals surface area contributed by atoms with Gasteiger partial charge in [-0.15, -0.1) is 0 Å². The summed E-state index contributed by atoms with van der Waals surface area (Å²) >= 11 is 0. The Bertz CT molecular complexity index is 1510. The third kappa shape index (κ3) is 10.6. The minimum atomic E-state index is -0.872. The van der Waals surface area contributed by atoms with E-state index in [0.29, 0.717) is 12.1 Å². The van der Waals surface area contributed by atoms with Crippen molar-refractivity contribution >= 4 is 34.2 Å². The van der Waals surface area contributed by atoms with Crippen LogP contribution in [0.15, 0.2) is 85.1 Å². The lowest BCUT2D eigenvalue weighted by Crippen LogP contribution is -2.46. The predicted octanol–water partition coefficient (Wildman–Crippen LogP) is 3.81. The minimum Gasteiger partial charge on any atom is -0.478 e. The summed E-state index contributed by atoms with van der Waals surface area (Å²) in [6, 6.07) is 26.5. The first-order chi connectivity index (χ1) is 23.1. The Morgan fingerprint density at radius 3 is 1.96 bits per heavy atom. The molecule has 47 heavy (non-hydrogen) atoms. The Morgan fingerprint density at radius 2 is 1.38 bits per heavy atom. The van der Waals surface area contributed by atoms with Crippen molar-refractivity contribution in [3.05, 3.63) is 96.2 Å². The fourth-order valence-corrected chi connectivity index (χ4v) is 6.15. The number of nitrogens with one attached hydrogen (secondary N) is 4. The van der Waals surface area contributed by atoms with Gasteiger partial charge in [-0.25, -0.2) is 4.79 Å². The van der Waals surface area contributed by atoms with Crippen LogP contribution in [0, 0.1) is 0 Å². The minimum absolute atomic E-state index is 0.103. The average Bonchev–Trinajstić information content (AvgIpc) is 3.54. The Morgan fingerprint density at radius 1 is 0.723 bits per heavy atom. The summed E-state index contributed by atoms with van der Waals surface area (Å²) in [5.74, 6) is -0.769. The van der Waals surface area contributed by atoms with E-state index in [1.165, 1.54) is 16.9 Å². The molecule has 3 aromatic carbocycles. The normalized spacial score (nSPS) is 16.8. The van der Waals surface area contributed by atoms with Crippen LogP contribution < -0.4 is 25.8 Å². The summed E-state index contributed by atoms with van der Waals surface area (Å²) in [6.07, 6.45) is 5.28. The highest BCUT2D eigenvalue weighted by Crippen LogP contribution is 2.22. The highest BCUT2D eigenvalue weighted by atomic mass is 16.4. The van der Waals surface area contributed by atoms with Crippen molar-refractivity contribution in [1.82, 2.24) is 25.8 Å². The maximum Gasteiger partial charge on any atom is 0.335 e. The van der Waals surface area contributed by atoms with E-state index in [2.05, 4.69) is 96.3 Å². The molecule has 0 atom stereocenters. The van der Waals surface area contributed by atoms with E-state index < -0.39 is 5.97 Å². The maximum atomic E-state index is 11.2. The second-order valence-corrected chi connectivity index (χ2v) is 12.1. The van der Waals surface area contributed by atoms with E-state index in [0.717, 1.165) is 102 Å². The third-order valence-electron chi connectivity index (χ3n) is 8.83. The lowest BCUT2D eigenvalue weighted by molar-refractivity contribution is -0.121. The van der Waals surface area contributed by atoms with E-state index in [-0.39, 0.29) is 5.91 Å². The quantitative estimate of drug-likeness (QED) is 0.185. The summed E-state index contributed by atoms with van der Waals surface area (Å²) < 4.78 is 0. The number of aromatic amines is 1. The highest BCUT2D eigenvalue weighted by molar-refractivity contribution is 5.94. The molecule has 1 aromatic heterocycles. The first-order valence-corrected chi connectivity index (χ1v) is 16.9. The molecule has 0 radical (unpaired) electrons. The van der Waals surface area contributed by atoms with E-state index in [9.17, 15) is 14.7 Å². The number of amides is 1. The number of aromatic nitrogens is 1. The van der Waals surface area contributed by atoms with Crippen LogP contribution in [0.4, 0.5) is 11.4 Å². The number of carboxylic acid groups (broad SMARTS) is 1. The highest BCUT2D eigenvalue weighted by Gasteiger charge is 2.17. The fraction of sp³-hybridized carbons (Fsp3) is 0.405. The number of H-pyrrole nitrogens is 1. The topological polar surface area (TPSA) is 116 Å². The lowest BCUT2D eigenvalue weighted by atomic mass is 10.0. The van der Waals surface area contributed by atoms with E-state index >= 15 is 0 Å². The lowest BCUT2D eigenvalue weighted by Gasteiger charge is -2.36. The largest absolute Gasteiger partial charge is 0.478 e. The number of carboxylic acids is 1. The van der Waals surface area contributed by atoms with Gasteiger partial charge in [-0.05, 0) is 73.8 Å². The van der Waals surface area contributed by atoms with Crippen LogP contribution in [0.1, 0.15) is 28.8 Å². The number of benzene rings is 3. The van der Waals surface area contributed by atoms with Crippen molar-refractivity contribution in [3.8, 4) is 0 Å². The summed E-state index contributed by atoms with van der Waals surface area (Å²) in [5, 5.41) is 19.2. The number of anilines is 2. The van der Waals surface area contributed by atoms with E-state index in [1.54, 1.807) is 12.1 Å². The van der Waals surface area contributed by atoms with Gasteiger partial charge >= 0.3 is 5.97 Å². The zero-order valence-electron chi connectivity index (χ0n) is 27.3. The van der Waals surface area contributed by atoms with Crippen molar-refractivity contribution in [2.24, 2.45) is 0 Å². The number of hydrogen-bond donors (Lipinski definition) is 5. The molecule has 0 unspecified atom stereocenters. The number of fused-ring (bicyclic) bond motifs is 1. The molecule has 4 heterocycles. The Hall–Kier alpha value is -4.38. The van der Waals surface area contributed by atoms with Crippen molar-refractivity contribution in [2.75, 3.05) is 88.3 Å². The van der Waals surface area contributed by atoms with E-state index in [1.807, 2.05) is 12.3 Å². The van der Waals surface area contributed by atoms with Crippen LogP contribution in [0.5, 0.6) is 0 Å². The average molecular weight is 640 g/mol. The number of carbonyl (C=O) groups is 2. The van der Waals surface area contributed by atoms with Gasteiger partial charge in [-0.3, -0.25) is 9.69 Å². The number of aromatic carboxylic acids is 1. The molecule has 5 N–H and O–H groups in total. The summed E-state index contributed by atoms with van der Waals surface area (Å²) in [5.41, 5.74) is 5.25. The number of hydrogen-bond acceptors (Lipinski definition) is 7. The number of carbonyl (C=O) groups excluding carboxylic acids is 1. The van der Waals surface area contributed by atoms with Gasteiger partial charge in [-0.2, -0.15) is 0 Å². The molecule has 3 fully saturated rings. The molecule has 7 rings (SSSR count). The number of rotatable bonds is 8. The SMILES string of the molecule is O=C(O)c1ccc2[nH]cc(CCCCN3CCN(c4ccccc4)CC3)c2c1.O=C1CNCCN1.c1ccc(N2CCNCC2)cc1. The Balaban J connectivity index is 0.000000185. The van der Waals surface area contributed by atoms with Gasteiger partial charge in [0.2, 0.25) is 5.91 Å². The van der Waals surface area contributed by atoms with Gasteiger partial charge in [0.05, 0.1) is 12.1 Å². The Labute approximate surface area is 278 Å². The molecule has 3 aliphatic heterocycles. The number of unbranched alkanes of at least 4 members (excludes halogenated alkanes) is 1. The number of piperazine rings is 3. The standard InChI is InChI=1S/C23H27N3O2.C10H14N2.C4H8N2O/c27-23(28)18-9-10-22-21(16-18)19(17-24-22)6-4-5-11-25-12-14-26(15-13-25)20-7-2-1-3-8-20;1-2-4-10(5-3-1)12-8-6-11-7-9-12;7-4-3-5-1-2-6-4/h1-3,7-10,16-17,24H,4-6,11-15H2,(H,27,28);1-5,11H,6-9H2;5H,1-3H2,(H,6,7). The second-order valence-electron chi connectivity index (χ2n) is 12.1. The van der Waals surface area contributed by atoms with Crippen LogP contribution in [0.25, 0.3) is 10.9 Å². The van der Waals surface area contributed by atoms with Crippen molar-refractivity contribution < 1.29 is 14.7 Å². The van der Waals surface area contributed by atoms with Crippen molar-refractivity contribution in [2.45, 2.75) is 19.3 Å². The zero-order chi connectivity index (χ0) is 32.7. The first kappa shape index (κ1) is 34.0. The molecule has 1 amide bonds. The smallest absolute Gasteiger partial charge is 0.335 e. The summed E-state index contributed by atoms with van der Waals surface area (Å²) in [7, 11) is 0. The van der Waals surface area contributed by atoms with Crippen LogP contribution in [-0.4, -0.2) is 105 Å². The predicted molar refractivity (Wildman–Crippen MR) is 191 cm³/mol. The summed E-state index contributed by atoms with van der Waals surface area (Å²) in [6.45, 7) is 12.2. The van der Waals surface area contributed by atoms with Gasteiger partial charge in [0, 0.05) is 93.9 Å². The van der Waals surface area contributed by atoms with Crippen LogP contribution in [0.3, 0.4) is 0 Å². The van der Waals surface area contributed by atoms with Crippen LogP contribution >= 0.6 is 0 Å². The molecule has 4 aromatic rings. The molecule has 10 heteroatoms. The zero-order valence-corrected chi connectivity index (χ0v) is 27.3. The van der Waals surface area contributed by atoms with E-state index in [4.69, 9.17) is 0 Å². The summed E-state index contributed by atoms with van der Waals surface area (Å²) in [4.78, 5) is 32.2. The molecule has 0 aliphatic carbocycles. The molecule has 0 spiro atoms. The Kier molecular flexibility index (Phi) is 13.1. The molecular formula is C37H49N7O3. The van der Waals surface area contributed by atoms with Gasteiger partial charge in [0.15, 0.2) is 0 Å². The molecule has 250 valence electrons. The fourth-order valence-electron chi connectivity index (χ4n) is 6.15. The molecule has 10 nitrogen and oxygen atoms in total. The van der Waals surface area contributed by atoms with Gasteiger partial charge in [0.1, 0.15) is 0 Å². The van der Waals surface area contributed by atoms with Gasteiger partial charge in [-0.1, -0.05) is 36.4 Å². The molecule has 3 aliphatic rings. The van der Waals surface area contributed by atoms with Crippen LogP contribution in [-0.2, 0) is 11.2 Å².